The molecule has 2 atom stereocenters. The third-order valence-electron chi connectivity index (χ3n) is 3.88. The van der Waals surface area contributed by atoms with Gasteiger partial charge in [-0.15, -0.1) is 0 Å². The minimum absolute atomic E-state index is 0.584. The summed E-state index contributed by atoms with van der Waals surface area (Å²) in [6.07, 6.45) is 8.53. The molecule has 0 amide bonds. The molecule has 0 radical (unpaired) electrons. The van der Waals surface area contributed by atoms with E-state index in [0.29, 0.717) is 10.7 Å². The summed E-state index contributed by atoms with van der Waals surface area (Å²) < 4.78 is 3.36. The number of likely N-dealkylation sites (N-methyl/N-ethyl adjacent to an activating group) is 1. The van der Waals surface area contributed by atoms with Crippen LogP contribution in [-0.2, 0) is 6.54 Å². The predicted octanol–water partition coefficient (Wildman–Crippen LogP) is 4.02. The van der Waals surface area contributed by atoms with Crippen LogP contribution in [0, 0.1) is 0 Å². The summed E-state index contributed by atoms with van der Waals surface area (Å²) in [5.41, 5.74) is 1.38. The number of hydrogen-bond acceptors (Lipinski definition) is 2. The van der Waals surface area contributed by atoms with Crippen LogP contribution in [0.4, 0.5) is 0 Å². The van der Waals surface area contributed by atoms with Crippen molar-refractivity contribution in [1.82, 2.24) is 14.7 Å². The molecule has 2 unspecified atom stereocenters. The number of hydrogen-bond donors (Lipinski definition) is 0. The standard InChI is InChI=1S/C14H23Br2N3/c1-18(2)8-9-19-14(13(16)10-17-19)11-6-4-3-5-7-12(11)15/h10-12H,3-9H2,1-2H3. The number of aromatic nitrogens is 2. The fraction of sp³-hybridized carbons (Fsp3) is 0.786. The summed E-state index contributed by atoms with van der Waals surface area (Å²) in [6, 6.07) is 0. The molecular weight excluding hydrogens is 370 g/mol. The summed E-state index contributed by atoms with van der Waals surface area (Å²) in [4.78, 5) is 2.79. The van der Waals surface area contributed by atoms with Crippen LogP contribution in [0.25, 0.3) is 0 Å². The first-order valence-corrected chi connectivity index (χ1v) is 8.80. The van der Waals surface area contributed by atoms with Gasteiger partial charge < -0.3 is 4.90 Å². The lowest BCUT2D eigenvalue weighted by molar-refractivity contribution is 0.364. The van der Waals surface area contributed by atoms with Gasteiger partial charge in [-0.25, -0.2) is 0 Å². The van der Waals surface area contributed by atoms with Crippen molar-refractivity contribution in [2.45, 2.75) is 49.4 Å². The third kappa shape index (κ3) is 4.05. The lowest BCUT2D eigenvalue weighted by atomic mass is 9.96. The van der Waals surface area contributed by atoms with Crippen LogP contribution in [0.3, 0.4) is 0 Å². The normalized spacial score (nSPS) is 24.7. The van der Waals surface area contributed by atoms with Gasteiger partial charge in [-0.1, -0.05) is 35.2 Å². The monoisotopic (exact) mass is 391 g/mol. The van der Waals surface area contributed by atoms with E-state index < -0.39 is 0 Å². The summed E-state index contributed by atoms with van der Waals surface area (Å²) in [7, 11) is 4.22. The van der Waals surface area contributed by atoms with E-state index in [9.17, 15) is 0 Å². The molecule has 1 fully saturated rings. The molecule has 1 aromatic rings. The molecule has 1 aliphatic carbocycles. The van der Waals surface area contributed by atoms with Gasteiger partial charge in [0.05, 0.1) is 22.9 Å². The van der Waals surface area contributed by atoms with Gasteiger partial charge in [-0.3, -0.25) is 4.68 Å². The Morgan fingerprint density at radius 3 is 2.79 bits per heavy atom. The van der Waals surface area contributed by atoms with Crippen molar-refractivity contribution in [1.29, 1.82) is 0 Å². The van der Waals surface area contributed by atoms with Gasteiger partial charge in [0, 0.05) is 17.3 Å². The zero-order valence-corrected chi connectivity index (χ0v) is 15.0. The Bertz CT molecular complexity index is 403. The molecule has 0 bridgehead atoms. The molecule has 1 heterocycles. The minimum atomic E-state index is 0.584. The second kappa shape index (κ2) is 7.23. The first kappa shape index (κ1) is 15.5. The molecule has 5 heteroatoms. The number of halogens is 2. The van der Waals surface area contributed by atoms with Gasteiger partial charge in [0.2, 0.25) is 0 Å². The van der Waals surface area contributed by atoms with Crippen LogP contribution in [-0.4, -0.2) is 40.1 Å². The molecule has 0 aliphatic heterocycles. The highest BCUT2D eigenvalue weighted by Crippen LogP contribution is 2.39. The Morgan fingerprint density at radius 1 is 1.32 bits per heavy atom. The number of alkyl halides is 1. The molecule has 108 valence electrons. The van der Waals surface area contributed by atoms with E-state index in [1.54, 1.807) is 0 Å². The maximum atomic E-state index is 4.55. The number of nitrogens with zero attached hydrogens (tertiary/aromatic N) is 3. The molecule has 0 spiro atoms. The Morgan fingerprint density at radius 2 is 2.05 bits per heavy atom. The van der Waals surface area contributed by atoms with Crippen LogP contribution in [0.5, 0.6) is 0 Å². The third-order valence-corrected chi connectivity index (χ3v) is 5.58. The van der Waals surface area contributed by atoms with Crippen LogP contribution in [0.2, 0.25) is 0 Å². The topological polar surface area (TPSA) is 21.1 Å². The van der Waals surface area contributed by atoms with E-state index >= 15 is 0 Å². The summed E-state index contributed by atoms with van der Waals surface area (Å²) in [5, 5.41) is 4.55. The van der Waals surface area contributed by atoms with E-state index in [1.165, 1.54) is 42.3 Å². The molecule has 3 nitrogen and oxygen atoms in total. The molecule has 1 aromatic heterocycles. The lowest BCUT2D eigenvalue weighted by Gasteiger charge is -2.22. The Hall–Kier alpha value is 0.130. The average molecular weight is 393 g/mol. The van der Waals surface area contributed by atoms with E-state index in [-0.39, 0.29) is 0 Å². The zero-order chi connectivity index (χ0) is 13.8. The van der Waals surface area contributed by atoms with Crippen molar-refractivity contribution in [3.05, 3.63) is 16.4 Å². The second-order valence-electron chi connectivity index (χ2n) is 5.66. The lowest BCUT2D eigenvalue weighted by Crippen LogP contribution is -2.23. The van der Waals surface area contributed by atoms with Gasteiger partial charge in [-0.2, -0.15) is 5.10 Å². The molecule has 1 saturated carbocycles. The second-order valence-corrected chi connectivity index (χ2v) is 7.70. The molecule has 0 N–H and O–H groups in total. The molecule has 2 rings (SSSR count). The van der Waals surface area contributed by atoms with Crippen molar-refractivity contribution >= 4 is 31.9 Å². The van der Waals surface area contributed by atoms with Crippen LogP contribution in [0.15, 0.2) is 10.7 Å². The van der Waals surface area contributed by atoms with E-state index in [4.69, 9.17) is 0 Å². The minimum Gasteiger partial charge on any atom is -0.308 e. The van der Waals surface area contributed by atoms with Crippen LogP contribution >= 0.6 is 31.9 Å². The van der Waals surface area contributed by atoms with Gasteiger partial charge >= 0.3 is 0 Å². The highest BCUT2D eigenvalue weighted by Gasteiger charge is 2.27. The highest BCUT2D eigenvalue weighted by molar-refractivity contribution is 9.10. The van der Waals surface area contributed by atoms with E-state index in [1.807, 2.05) is 6.20 Å². The quantitative estimate of drug-likeness (QED) is 0.569. The number of rotatable bonds is 4. The van der Waals surface area contributed by atoms with Gasteiger partial charge in [0.15, 0.2) is 0 Å². The van der Waals surface area contributed by atoms with Gasteiger partial charge in [0.1, 0.15) is 0 Å². The van der Waals surface area contributed by atoms with Crippen molar-refractivity contribution < 1.29 is 0 Å². The van der Waals surface area contributed by atoms with E-state index in [0.717, 1.165) is 13.1 Å². The molecule has 19 heavy (non-hydrogen) atoms. The largest absolute Gasteiger partial charge is 0.308 e. The van der Waals surface area contributed by atoms with Crippen LogP contribution in [0.1, 0.15) is 43.7 Å². The summed E-state index contributed by atoms with van der Waals surface area (Å²) in [5.74, 6) is 0.585. The maximum Gasteiger partial charge on any atom is 0.0635 e. The van der Waals surface area contributed by atoms with Crippen molar-refractivity contribution in [2.75, 3.05) is 20.6 Å². The highest BCUT2D eigenvalue weighted by atomic mass is 79.9. The zero-order valence-electron chi connectivity index (χ0n) is 11.8. The summed E-state index contributed by atoms with van der Waals surface area (Å²) in [6.45, 7) is 1.99. The van der Waals surface area contributed by atoms with Crippen molar-refractivity contribution in [3.8, 4) is 0 Å². The first-order valence-electron chi connectivity index (χ1n) is 7.09. The van der Waals surface area contributed by atoms with E-state index in [2.05, 4.69) is 60.6 Å². The first-order chi connectivity index (χ1) is 9.09. The maximum absolute atomic E-state index is 4.55. The molecule has 1 aliphatic rings. The smallest absolute Gasteiger partial charge is 0.0635 e. The SMILES string of the molecule is CN(C)CCn1ncc(Br)c1C1CCCCCC1Br. The predicted molar refractivity (Wildman–Crippen MR) is 87.0 cm³/mol. The van der Waals surface area contributed by atoms with Gasteiger partial charge in [-0.05, 0) is 42.9 Å². The van der Waals surface area contributed by atoms with Crippen molar-refractivity contribution in [3.63, 3.8) is 0 Å². The fourth-order valence-electron chi connectivity index (χ4n) is 2.78. The average Bonchev–Trinajstić information content (AvgIpc) is 2.58. The van der Waals surface area contributed by atoms with Crippen molar-refractivity contribution in [2.24, 2.45) is 0 Å². The van der Waals surface area contributed by atoms with Crippen LogP contribution < -0.4 is 0 Å². The Kier molecular flexibility index (Phi) is 5.90. The Labute approximate surface area is 133 Å². The van der Waals surface area contributed by atoms with Gasteiger partial charge in [0.25, 0.3) is 0 Å². The summed E-state index contributed by atoms with van der Waals surface area (Å²) >= 11 is 7.60. The molecular formula is C14H23Br2N3. The molecule has 0 saturated heterocycles. The molecule has 0 aromatic carbocycles. The fourth-order valence-corrected chi connectivity index (χ4v) is 4.21. The Balaban J connectivity index is 2.19.